The molecule has 3 rings (SSSR count). The summed E-state index contributed by atoms with van der Waals surface area (Å²) in [4.78, 5) is 28.9. The minimum Gasteiger partial charge on any atom is -0.352 e. The van der Waals surface area contributed by atoms with Crippen molar-refractivity contribution in [3.63, 3.8) is 0 Å². The van der Waals surface area contributed by atoms with E-state index in [4.69, 9.17) is 11.6 Å². The standard InChI is InChI=1S/C30H35ClN2O2S/c1-4-23(3)32-30(35)28(18-24-10-6-5-7-11-24)33(19-26-12-8-9-13-27(26)31)29(34)21-36-20-25-16-14-22(2)15-17-25/h5-17,23,28H,4,18-21H2,1-3H3,(H,32,35)/t23-,28+/m1/s1. The molecule has 0 bridgehead atoms. The molecule has 0 aliphatic rings. The summed E-state index contributed by atoms with van der Waals surface area (Å²) in [5.74, 6) is 0.790. The highest BCUT2D eigenvalue weighted by Gasteiger charge is 2.31. The van der Waals surface area contributed by atoms with Crippen LogP contribution < -0.4 is 5.32 Å². The van der Waals surface area contributed by atoms with Gasteiger partial charge in [-0.1, -0.05) is 96.9 Å². The Hall–Kier alpha value is -2.76. The molecule has 4 nitrogen and oxygen atoms in total. The van der Waals surface area contributed by atoms with Crippen molar-refractivity contribution in [2.75, 3.05) is 5.75 Å². The highest BCUT2D eigenvalue weighted by atomic mass is 35.5. The lowest BCUT2D eigenvalue weighted by Crippen LogP contribution is -2.52. The van der Waals surface area contributed by atoms with E-state index in [0.29, 0.717) is 11.4 Å². The van der Waals surface area contributed by atoms with Gasteiger partial charge in [-0.2, -0.15) is 0 Å². The number of carbonyl (C=O) groups excluding carboxylic acids is 2. The van der Waals surface area contributed by atoms with Gasteiger partial charge in [0, 0.05) is 29.8 Å². The number of nitrogens with one attached hydrogen (secondary N) is 1. The molecular formula is C30H35ClN2O2S. The lowest BCUT2D eigenvalue weighted by atomic mass is 10.0. The summed E-state index contributed by atoms with van der Waals surface area (Å²) >= 11 is 8.04. The fourth-order valence-electron chi connectivity index (χ4n) is 3.83. The molecule has 190 valence electrons. The molecule has 2 atom stereocenters. The molecule has 0 aliphatic heterocycles. The van der Waals surface area contributed by atoms with E-state index in [-0.39, 0.29) is 30.2 Å². The van der Waals surface area contributed by atoms with Crippen molar-refractivity contribution < 1.29 is 9.59 Å². The molecule has 2 amide bonds. The van der Waals surface area contributed by atoms with Crippen LogP contribution in [0.2, 0.25) is 5.02 Å². The van der Waals surface area contributed by atoms with E-state index >= 15 is 0 Å². The fraction of sp³-hybridized carbons (Fsp3) is 0.333. The maximum absolute atomic E-state index is 13.7. The number of aryl methyl sites for hydroxylation is 1. The van der Waals surface area contributed by atoms with Crippen LogP contribution in [0.3, 0.4) is 0 Å². The maximum atomic E-state index is 13.7. The number of hydrogen-bond donors (Lipinski definition) is 1. The molecule has 0 fully saturated rings. The molecule has 3 aromatic carbocycles. The third-order valence-corrected chi connectivity index (χ3v) is 7.54. The van der Waals surface area contributed by atoms with Crippen LogP contribution in [-0.4, -0.2) is 34.6 Å². The SMILES string of the molecule is CC[C@@H](C)NC(=O)[C@H](Cc1ccccc1)N(Cc1ccccc1Cl)C(=O)CSCc1ccc(C)cc1. The van der Waals surface area contributed by atoms with E-state index < -0.39 is 6.04 Å². The van der Waals surface area contributed by atoms with Gasteiger partial charge in [0.05, 0.1) is 5.75 Å². The number of amides is 2. The molecule has 0 unspecified atom stereocenters. The van der Waals surface area contributed by atoms with Crippen LogP contribution in [0.4, 0.5) is 0 Å². The van der Waals surface area contributed by atoms with Crippen LogP contribution in [-0.2, 0) is 28.3 Å². The van der Waals surface area contributed by atoms with Gasteiger partial charge >= 0.3 is 0 Å². The Kier molecular flexibility index (Phi) is 10.9. The Balaban J connectivity index is 1.86. The second-order valence-corrected chi connectivity index (χ2v) is 10.5. The summed E-state index contributed by atoms with van der Waals surface area (Å²) in [5, 5.41) is 3.69. The summed E-state index contributed by atoms with van der Waals surface area (Å²) in [7, 11) is 0. The summed E-state index contributed by atoms with van der Waals surface area (Å²) in [6, 6.07) is 25.1. The van der Waals surface area contributed by atoms with Crippen LogP contribution in [0.5, 0.6) is 0 Å². The van der Waals surface area contributed by atoms with Crippen LogP contribution in [0.15, 0.2) is 78.9 Å². The Morgan fingerprint density at radius 3 is 2.28 bits per heavy atom. The second kappa shape index (κ2) is 14.1. The van der Waals surface area contributed by atoms with Gasteiger partial charge < -0.3 is 10.2 Å². The normalized spacial score (nSPS) is 12.6. The second-order valence-electron chi connectivity index (χ2n) is 9.11. The maximum Gasteiger partial charge on any atom is 0.243 e. The molecule has 6 heteroatoms. The zero-order valence-electron chi connectivity index (χ0n) is 21.2. The summed E-state index contributed by atoms with van der Waals surface area (Å²) < 4.78 is 0. The molecule has 0 radical (unpaired) electrons. The van der Waals surface area contributed by atoms with Crippen molar-refractivity contribution in [1.29, 1.82) is 0 Å². The van der Waals surface area contributed by atoms with Crippen LogP contribution >= 0.6 is 23.4 Å². The number of halogens is 1. The van der Waals surface area contributed by atoms with Gasteiger partial charge in [0.2, 0.25) is 11.8 Å². The number of nitrogens with zero attached hydrogens (tertiary/aromatic N) is 1. The quantitative estimate of drug-likeness (QED) is 0.298. The van der Waals surface area contributed by atoms with Crippen molar-refractivity contribution >= 4 is 35.2 Å². The fourth-order valence-corrected chi connectivity index (χ4v) is 4.89. The molecule has 36 heavy (non-hydrogen) atoms. The van der Waals surface area contributed by atoms with Gasteiger partial charge in [-0.15, -0.1) is 11.8 Å². The van der Waals surface area contributed by atoms with Crippen LogP contribution in [0, 0.1) is 6.92 Å². The lowest BCUT2D eigenvalue weighted by Gasteiger charge is -2.32. The number of rotatable bonds is 12. The summed E-state index contributed by atoms with van der Waals surface area (Å²) in [6.07, 6.45) is 1.25. The van der Waals surface area contributed by atoms with Crippen molar-refractivity contribution in [1.82, 2.24) is 10.2 Å². The Morgan fingerprint density at radius 2 is 1.61 bits per heavy atom. The molecule has 3 aromatic rings. The van der Waals surface area contributed by atoms with E-state index in [1.54, 1.807) is 16.7 Å². The average Bonchev–Trinajstić information content (AvgIpc) is 2.88. The monoisotopic (exact) mass is 522 g/mol. The largest absolute Gasteiger partial charge is 0.352 e. The van der Waals surface area contributed by atoms with E-state index in [1.165, 1.54) is 11.1 Å². The first-order valence-corrected chi connectivity index (χ1v) is 13.9. The molecule has 0 heterocycles. The first-order valence-electron chi connectivity index (χ1n) is 12.4. The molecule has 0 aliphatic carbocycles. The van der Waals surface area contributed by atoms with Gasteiger partial charge in [0.1, 0.15) is 6.04 Å². The van der Waals surface area contributed by atoms with Crippen LogP contribution in [0.25, 0.3) is 0 Å². The zero-order valence-corrected chi connectivity index (χ0v) is 22.8. The first kappa shape index (κ1) is 27.8. The lowest BCUT2D eigenvalue weighted by molar-refractivity contribution is -0.139. The molecule has 1 N–H and O–H groups in total. The molecule has 0 spiro atoms. The first-order chi connectivity index (χ1) is 17.4. The van der Waals surface area contributed by atoms with Crippen LogP contribution in [0.1, 0.15) is 42.5 Å². The number of benzene rings is 3. The number of carbonyl (C=O) groups is 2. The Labute approximate surface area is 224 Å². The van der Waals surface area contributed by atoms with E-state index in [0.717, 1.165) is 23.3 Å². The van der Waals surface area contributed by atoms with Gasteiger partial charge in [-0.05, 0) is 43.0 Å². The molecule has 0 saturated heterocycles. The zero-order chi connectivity index (χ0) is 25.9. The van der Waals surface area contributed by atoms with Crippen molar-refractivity contribution in [3.8, 4) is 0 Å². The van der Waals surface area contributed by atoms with Crippen molar-refractivity contribution in [2.45, 2.75) is 58.0 Å². The Morgan fingerprint density at radius 1 is 0.944 bits per heavy atom. The molecule has 0 aromatic heterocycles. The number of hydrogen-bond acceptors (Lipinski definition) is 3. The predicted octanol–water partition coefficient (Wildman–Crippen LogP) is 6.44. The van der Waals surface area contributed by atoms with Gasteiger partial charge in [0.25, 0.3) is 0 Å². The Bertz CT molecular complexity index is 1120. The van der Waals surface area contributed by atoms with Gasteiger partial charge in [0.15, 0.2) is 0 Å². The summed E-state index contributed by atoms with van der Waals surface area (Å²) in [6.45, 7) is 6.35. The minimum absolute atomic E-state index is 0.0175. The smallest absolute Gasteiger partial charge is 0.243 e. The highest BCUT2D eigenvalue weighted by molar-refractivity contribution is 7.99. The van der Waals surface area contributed by atoms with E-state index in [9.17, 15) is 9.59 Å². The van der Waals surface area contributed by atoms with Crippen molar-refractivity contribution in [2.24, 2.45) is 0 Å². The van der Waals surface area contributed by atoms with Gasteiger partial charge in [-0.25, -0.2) is 0 Å². The van der Waals surface area contributed by atoms with E-state index in [2.05, 4.69) is 36.5 Å². The topological polar surface area (TPSA) is 49.4 Å². The third-order valence-electron chi connectivity index (χ3n) is 6.19. The van der Waals surface area contributed by atoms with Crippen molar-refractivity contribution in [3.05, 3.63) is 106 Å². The average molecular weight is 523 g/mol. The highest BCUT2D eigenvalue weighted by Crippen LogP contribution is 2.22. The molecular weight excluding hydrogens is 488 g/mol. The van der Waals surface area contributed by atoms with Gasteiger partial charge in [-0.3, -0.25) is 9.59 Å². The van der Waals surface area contributed by atoms with E-state index in [1.807, 2.05) is 68.4 Å². The minimum atomic E-state index is -0.648. The number of thioether (sulfide) groups is 1. The third kappa shape index (κ3) is 8.42. The summed E-state index contributed by atoms with van der Waals surface area (Å²) in [5.41, 5.74) is 4.21. The predicted molar refractivity (Wildman–Crippen MR) is 151 cm³/mol. The molecule has 0 saturated carbocycles.